The van der Waals surface area contributed by atoms with E-state index in [0.717, 1.165) is 33.1 Å². The van der Waals surface area contributed by atoms with Crippen LogP contribution in [0.5, 0.6) is 0 Å². The van der Waals surface area contributed by atoms with Gasteiger partial charge in [-0.05, 0) is 31.4 Å². The van der Waals surface area contributed by atoms with Crippen LogP contribution in [0.25, 0.3) is 50.9 Å². The fourth-order valence-electron chi connectivity index (χ4n) is 3.63. The van der Waals surface area contributed by atoms with Crippen LogP contribution in [0.3, 0.4) is 0 Å². The van der Waals surface area contributed by atoms with Gasteiger partial charge in [-0.15, -0.1) is 0 Å². The van der Waals surface area contributed by atoms with Crippen LogP contribution in [0.2, 0.25) is 0 Å². The Kier molecular flexibility index (Phi) is 2.88. The quantitative estimate of drug-likeness (QED) is 0.439. The fraction of sp³-hybridized carbons (Fsp3) is 0.0952. The van der Waals surface area contributed by atoms with Crippen molar-refractivity contribution >= 4 is 50.9 Å². The van der Waals surface area contributed by atoms with E-state index >= 15 is 0 Å². The minimum absolute atomic E-state index is 0.681. The molecule has 0 spiro atoms. The van der Waals surface area contributed by atoms with Gasteiger partial charge in [0.15, 0.2) is 11.3 Å². The van der Waals surface area contributed by atoms with Gasteiger partial charge in [0.25, 0.3) is 0 Å². The van der Waals surface area contributed by atoms with Crippen molar-refractivity contribution in [3.05, 3.63) is 59.1 Å². The Balaban J connectivity index is 2.18. The van der Waals surface area contributed by atoms with Crippen molar-refractivity contribution in [1.82, 2.24) is 19.4 Å². The molecule has 0 saturated carbocycles. The molecule has 0 bridgehead atoms. The lowest BCUT2D eigenvalue weighted by Crippen LogP contribution is -2.32. The van der Waals surface area contributed by atoms with Crippen molar-refractivity contribution in [1.29, 1.82) is 0 Å². The highest BCUT2D eigenvalue weighted by molar-refractivity contribution is 5.98. The zero-order valence-electron chi connectivity index (χ0n) is 14.1. The Morgan fingerprint density at radius 2 is 1.40 bits per heavy atom. The van der Waals surface area contributed by atoms with Crippen molar-refractivity contribution in [2.75, 3.05) is 0 Å². The molecule has 4 nitrogen and oxygen atoms in total. The molecule has 0 fully saturated rings. The molecule has 0 aliphatic heterocycles. The second kappa shape index (κ2) is 5.11. The molecule has 120 valence electrons. The minimum Gasteiger partial charge on any atom is -0.275 e. The molecule has 25 heavy (non-hydrogen) atoms. The molecule has 0 N–H and O–H groups in total. The van der Waals surface area contributed by atoms with E-state index in [0.29, 0.717) is 5.65 Å². The van der Waals surface area contributed by atoms with Crippen LogP contribution in [0.4, 0.5) is 0 Å². The predicted octanol–water partition coefficient (Wildman–Crippen LogP) is 3.18. The Bertz CT molecular complexity index is 1410. The number of para-hydroxylation sites is 2. The van der Waals surface area contributed by atoms with Crippen molar-refractivity contribution in [2.45, 2.75) is 13.8 Å². The summed E-state index contributed by atoms with van der Waals surface area (Å²) in [6.45, 7) is 4.12. The van der Waals surface area contributed by atoms with Crippen molar-refractivity contribution in [3.63, 3.8) is 0 Å². The molecule has 0 atom stereocenters. The second-order valence-electron chi connectivity index (χ2n) is 6.05. The van der Waals surface area contributed by atoms with Gasteiger partial charge in [-0.2, -0.15) is 0 Å². The van der Waals surface area contributed by atoms with Gasteiger partial charge in [0.2, 0.25) is 0 Å². The van der Waals surface area contributed by atoms with Crippen LogP contribution in [-0.2, 0) is 0 Å². The third-order valence-electron chi connectivity index (χ3n) is 4.71. The highest BCUT2D eigenvalue weighted by Crippen LogP contribution is 2.20. The van der Waals surface area contributed by atoms with E-state index in [1.807, 2.05) is 30.3 Å². The van der Waals surface area contributed by atoms with E-state index in [2.05, 4.69) is 48.6 Å². The average molecular weight is 324 g/mol. The van der Waals surface area contributed by atoms with Crippen LogP contribution in [0, 0.1) is 0 Å². The summed E-state index contributed by atoms with van der Waals surface area (Å²) >= 11 is 0. The summed E-state index contributed by atoms with van der Waals surface area (Å²) in [4.78, 5) is 14.4. The van der Waals surface area contributed by atoms with E-state index in [-0.39, 0.29) is 0 Å². The number of imidazole rings is 1. The van der Waals surface area contributed by atoms with Crippen molar-refractivity contribution in [3.8, 4) is 0 Å². The van der Waals surface area contributed by atoms with Gasteiger partial charge in [-0.1, -0.05) is 48.6 Å². The van der Waals surface area contributed by atoms with Gasteiger partial charge in [0.05, 0.1) is 16.4 Å². The molecule has 0 unspecified atom stereocenters. The van der Waals surface area contributed by atoms with Gasteiger partial charge in [-0.25, -0.2) is 15.0 Å². The normalized spacial score (nSPS) is 13.7. The molecule has 0 amide bonds. The van der Waals surface area contributed by atoms with Crippen LogP contribution in [-0.4, -0.2) is 19.4 Å². The van der Waals surface area contributed by atoms with Crippen LogP contribution >= 0.6 is 0 Å². The molecule has 0 saturated heterocycles. The summed E-state index contributed by atoms with van der Waals surface area (Å²) in [5, 5.41) is 4.61. The smallest absolute Gasteiger partial charge is 0.199 e. The summed E-state index contributed by atoms with van der Waals surface area (Å²) in [6.07, 6.45) is 4.27. The van der Waals surface area contributed by atoms with Crippen molar-refractivity contribution in [2.24, 2.45) is 0 Å². The average Bonchev–Trinajstić information content (AvgIpc) is 3.03. The van der Waals surface area contributed by atoms with Gasteiger partial charge in [0.1, 0.15) is 5.65 Å². The molecule has 0 aliphatic carbocycles. The fourth-order valence-corrected chi connectivity index (χ4v) is 3.63. The Morgan fingerprint density at radius 3 is 2.12 bits per heavy atom. The molecule has 5 aromatic rings. The number of nitrogens with zero attached hydrogens (tertiary/aromatic N) is 4. The molecule has 0 radical (unpaired) electrons. The first-order chi connectivity index (χ1) is 12.3. The van der Waals surface area contributed by atoms with Crippen LogP contribution in [0.15, 0.2) is 48.5 Å². The van der Waals surface area contributed by atoms with Crippen LogP contribution < -0.4 is 10.6 Å². The number of pyridine rings is 1. The summed E-state index contributed by atoms with van der Waals surface area (Å²) in [6, 6.07) is 16.3. The summed E-state index contributed by atoms with van der Waals surface area (Å²) < 4.78 is 2.13. The molecule has 0 aliphatic rings. The SMILES string of the molecule is C/C=c1\c(=C/C)n2c3nc4ccccc4nc3nc2c2ccccc12. The molecular weight excluding hydrogens is 308 g/mol. The number of benzene rings is 2. The van der Waals surface area contributed by atoms with Crippen molar-refractivity contribution < 1.29 is 0 Å². The third kappa shape index (κ3) is 1.85. The first-order valence-electron chi connectivity index (χ1n) is 8.40. The lowest BCUT2D eigenvalue weighted by atomic mass is 10.1. The number of aromatic nitrogens is 4. The van der Waals surface area contributed by atoms with Gasteiger partial charge >= 0.3 is 0 Å². The largest absolute Gasteiger partial charge is 0.275 e. The topological polar surface area (TPSA) is 43.1 Å². The van der Waals surface area contributed by atoms with E-state index in [1.54, 1.807) is 0 Å². The summed E-state index contributed by atoms with van der Waals surface area (Å²) in [5.74, 6) is 0. The number of fused-ring (bicyclic) bond motifs is 6. The molecule has 5 rings (SSSR count). The zero-order valence-corrected chi connectivity index (χ0v) is 14.1. The molecular formula is C21H16N4. The van der Waals surface area contributed by atoms with E-state index < -0.39 is 0 Å². The standard InChI is InChI=1S/C21H16N4/c1-3-13-14-9-5-6-10-15(14)20-24-19-21(25(20)18(13)4-2)23-17-12-8-7-11-16(17)22-19/h3-12H,1-2H3/b13-3-,18-4+. The Hall–Kier alpha value is -3.27. The molecule has 4 heteroatoms. The predicted molar refractivity (Wildman–Crippen MR) is 103 cm³/mol. The molecule has 3 heterocycles. The highest BCUT2D eigenvalue weighted by atomic mass is 15.1. The van der Waals surface area contributed by atoms with Gasteiger partial charge in [0, 0.05) is 10.6 Å². The maximum absolute atomic E-state index is 4.86. The van der Waals surface area contributed by atoms with Gasteiger partial charge < -0.3 is 0 Å². The second-order valence-corrected chi connectivity index (χ2v) is 6.05. The van der Waals surface area contributed by atoms with E-state index in [9.17, 15) is 0 Å². The minimum atomic E-state index is 0.681. The number of hydrogen-bond donors (Lipinski definition) is 0. The van der Waals surface area contributed by atoms with E-state index in [4.69, 9.17) is 15.0 Å². The maximum Gasteiger partial charge on any atom is 0.199 e. The summed E-state index contributed by atoms with van der Waals surface area (Å²) in [7, 11) is 0. The van der Waals surface area contributed by atoms with Crippen LogP contribution in [0.1, 0.15) is 13.8 Å². The highest BCUT2D eigenvalue weighted by Gasteiger charge is 2.13. The Labute approximate surface area is 143 Å². The molecule has 3 aromatic heterocycles. The first-order valence-corrected chi connectivity index (χ1v) is 8.40. The maximum atomic E-state index is 4.86. The number of rotatable bonds is 0. The lowest BCUT2D eigenvalue weighted by molar-refractivity contribution is 1.13. The summed E-state index contributed by atoms with van der Waals surface area (Å²) in [5.41, 5.74) is 4.14. The van der Waals surface area contributed by atoms with E-state index in [1.165, 1.54) is 10.6 Å². The third-order valence-corrected chi connectivity index (χ3v) is 4.71. The monoisotopic (exact) mass is 324 g/mol. The first kappa shape index (κ1) is 14.1. The van der Waals surface area contributed by atoms with Gasteiger partial charge in [-0.3, -0.25) is 4.40 Å². The molecule has 2 aromatic carbocycles. The lowest BCUT2D eigenvalue weighted by Gasteiger charge is -2.05. The Morgan fingerprint density at radius 1 is 0.720 bits per heavy atom. The number of hydrogen-bond acceptors (Lipinski definition) is 3. The zero-order chi connectivity index (χ0) is 17.0.